The van der Waals surface area contributed by atoms with E-state index in [1.165, 1.54) is 4.90 Å². The molecular weight excluding hydrogens is 375 g/mol. The number of carbonyl (C=O) groups is 1. The second-order valence-corrected chi connectivity index (χ2v) is 6.60. The zero-order chi connectivity index (χ0) is 15.2. The average Bonchev–Trinajstić information content (AvgIpc) is 2.47. The number of quaternary nitrogens is 1. The van der Waals surface area contributed by atoms with Crippen LogP contribution in [0, 0.1) is 3.57 Å². The molecule has 2 aromatic rings. The van der Waals surface area contributed by atoms with Crippen molar-refractivity contribution < 1.29 is 9.69 Å². The second kappa shape index (κ2) is 7.56. The number of halogens is 1. The van der Waals surface area contributed by atoms with E-state index < -0.39 is 0 Å². The third-order valence-corrected chi connectivity index (χ3v) is 3.88. The Labute approximate surface area is 139 Å². The van der Waals surface area contributed by atoms with Gasteiger partial charge in [0.1, 0.15) is 12.6 Å². The first-order valence-corrected chi connectivity index (χ1v) is 8.04. The van der Waals surface area contributed by atoms with Crippen molar-refractivity contribution in [2.75, 3.05) is 20.6 Å². The summed E-state index contributed by atoms with van der Waals surface area (Å²) in [5.74, 6) is -0.0244. The van der Waals surface area contributed by atoms with Gasteiger partial charge in [-0.1, -0.05) is 36.4 Å². The highest BCUT2D eigenvalue weighted by atomic mass is 127. The Morgan fingerprint density at radius 3 is 2.48 bits per heavy atom. The molecule has 0 spiro atoms. The molecule has 0 unspecified atom stereocenters. The predicted octanol–water partition coefficient (Wildman–Crippen LogP) is 1.91. The van der Waals surface area contributed by atoms with Crippen molar-refractivity contribution in [2.45, 2.75) is 6.04 Å². The number of hydrogen-bond acceptors (Lipinski definition) is 1. The molecule has 4 heteroatoms. The van der Waals surface area contributed by atoms with Crippen molar-refractivity contribution in [2.24, 2.45) is 0 Å². The molecule has 0 saturated carbocycles. The van der Waals surface area contributed by atoms with Gasteiger partial charge in [0.05, 0.1) is 14.1 Å². The highest BCUT2D eigenvalue weighted by Crippen LogP contribution is 2.13. The van der Waals surface area contributed by atoms with Crippen molar-refractivity contribution in [1.29, 1.82) is 0 Å². The lowest BCUT2D eigenvalue weighted by Gasteiger charge is -2.21. The van der Waals surface area contributed by atoms with E-state index in [2.05, 4.69) is 54.1 Å². The Kier molecular flexibility index (Phi) is 5.76. The fraction of sp³-hybridized carbons (Fsp3) is 0.235. The molecule has 3 nitrogen and oxygen atoms in total. The van der Waals surface area contributed by atoms with Crippen molar-refractivity contribution in [3.05, 3.63) is 69.3 Å². The van der Waals surface area contributed by atoms with Gasteiger partial charge < -0.3 is 10.2 Å². The highest BCUT2D eigenvalue weighted by molar-refractivity contribution is 14.1. The molecule has 2 aromatic carbocycles. The Morgan fingerprint density at radius 2 is 1.86 bits per heavy atom. The van der Waals surface area contributed by atoms with Crippen LogP contribution in [0.5, 0.6) is 0 Å². The number of nitrogens with one attached hydrogen (secondary N) is 2. The van der Waals surface area contributed by atoms with Gasteiger partial charge in [0.2, 0.25) is 0 Å². The number of rotatable bonds is 5. The van der Waals surface area contributed by atoms with E-state index in [0.29, 0.717) is 5.56 Å². The van der Waals surface area contributed by atoms with Gasteiger partial charge in [0.25, 0.3) is 5.91 Å². The first kappa shape index (κ1) is 16.0. The SMILES string of the molecule is C[NH+](C)C[C@@H](NC(=O)c1cccc(I)c1)c1ccccc1. The summed E-state index contributed by atoms with van der Waals surface area (Å²) < 4.78 is 1.06. The molecule has 0 aromatic heterocycles. The molecule has 2 rings (SSSR count). The topological polar surface area (TPSA) is 33.5 Å². The summed E-state index contributed by atoms with van der Waals surface area (Å²) >= 11 is 2.22. The molecule has 1 atom stereocenters. The molecule has 0 aliphatic carbocycles. The minimum atomic E-state index is -0.0244. The van der Waals surface area contributed by atoms with E-state index in [0.717, 1.165) is 15.7 Å². The Bertz CT molecular complexity index is 599. The molecule has 0 saturated heterocycles. The number of carbonyl (C=O) groups excluding carboxylic acids is 1. The Morgan fingerprint density at radius 1 is 1.14 bits per heavy atom. The zero-order valence-corrected chi connectivity index (χ0v) is 14.4. The van der Waals surface area contributed by atoms with E-state index in [-0.39, 0.29) is 11.9 Å². The Balaban J connectivity index is 2.17. The van der Waals surface area contributed by atoms with Gasteiger partial charge in [0, 0.05) is 9.13 Å². The van der Waals surface area contributed by atoms with Gasteiger partial charge in [0.15, 0.2) is 0 Å². The molecule has 1 amide bonds. The fourth-order valence-corrected chi connectivity index (χ4v) is 2.76. The van der Waals surface area contributed by atoms with E-state index in [4.69, 9.17) is 0 Å². The smallest absolute Gasteiger partial charge is 0.251 e. The average molecular weight is 395 g/mol. The molecule has 0 heterocycles. The van der Waals surface area contributed by atoms with Crippen molar-refractivity contribution >= 4 is 28.5 Å². The van der Waals surface area contributed by atoms with Crippen LogP contribution in [0.15, 0.2) is 54.6 Å². The number of benzene rings is 2. The largest absolute Gasteiger partial charge is 0.340 e. The van der Waals surface area contributed by atoms with Gasteiger partial charge in [-0.15, -0.1) is 0 Å². The predicted molar refractivity (Wildman–Crippen MR) is 93.5 cm³/mol. The third-order valence-electron chi connectivity index (χ3n) is 3.21. The summed E-state index contributed by atoms with van der Waals surface area (Å²) in [6, 6.07) is 17.8. The standard InChI is InChI=1S/C17H19IN2O/c1-20(2)12-16(13-7-4-3-5-8-13)19-17(21)14-9-6-10-15(18)11-14/h3-11,16H,12H2,1-2H3,(H,19,21)/p+1/t16-/m1/s1. The van der Waals surface area contributed by atoms with E-state index in [1.54, 1.807) is 0 Å². The molecule has 0 radical (unpaired) electrons. The van der Waals surface area contributed by atoms with Crippen LogP contribution in [0.25, 0.3) is 0 Å². The van der Waals surface area contributed by atoms with Crippen molar-refractivity contribution in [3.63, 3.8) is 0 Å². The monoisotopic (exact) mass is 395 g/mol. The molecule has 21 heavy (non-hydrogen) atoms. The minimum Gasteiger partial charge on any atom is -0.340 e. The summed E-state index contributed by atoms with van der Waals surface area (Å²) in [6.45, 7) is 0.847. The van der Waals surface area contributed by atoms with Crippen LogP contribution in [-0.4, -0.2) is 26.5 Å². The van der Waals surface area contributed by atoms with Crippen LogP contribution in [0.3, 0.4) is 0 Å². The van der Waals surface area contributed by atoms with Crippen molar-refractivity contribution in [3.8, 4) is 0 Å². The maximum atomic E-state index is 12.4. The molecule has 0 bridgehead atoms. The van der Waals surface area contributed by atoms with Gasteiger partial charge >= 0.3 is 0 Å². The van der Waals surface area contributed by atoms with Crippen molar-refractivity contribution in [1.82, 2.24) is 5.32 Å². The lowest BCUT2D eigenvalue weighted by Crippen LogP contribution is -3.06. The first-order valence-electron chi connectivity index (χ1n) is 6.96. The minimum absolute atomic E-state index is 0.0153. The quantitative estimate of drug-likeness (QED) is 0.746. The first-order chi connectivity index (χ1) is 10.1. The number of amides is 1. The maximum absolute atomic E-state index is 12.4. The molecule has 2 N–H and O–H groups in total. The molecule has 0 fully saturated rings. The number of hydrogen-bond donors (Lipinski definition) is 2. The molecule has 0 aliphatic heterocycles. The van der Waals surface area contributed by atoms with Crippen LogP contribution < -0.4 is 10.2 Å². The third kappa shape index (κ3) is 4.82. The summed E-state index contributed by atoms with van der Waals surface area (Å²) in [5.41, 5.74) is 1.84. The van der Waals surface area contributed by atoms with Crippen LogP contribution in [0.1, 0.15) is 22.0 Å². The van der Waals surface area contributed by atoms with Gasteiger partial charge in [-0.25, -0.2) is 0 Å². The maximum Gasteiger partial charge on any atom is 0.251 e. The van der Waals surface area contributed by atoms with Crippen LogP contribution in [-0.2, 0) is 0 Å². The van der Waals surface area contributed by atoms with Gasteiger partial charge in [-0.05, 0) is 46.4 Å². The van der Waals surface area contributed by atoms with Gasteiger partial charge in [-0.3, -0.25) is 4.79 Å². The fourth-order valence-electron chi connectivity index (χ4n) is 2.22. The lowest BCUT2D eigenvalue weighted by atomic mass is 10.1. The van der Waals surface area contributed by atoms with Crippen LogP contribution >= 0.6 is 22.6 Å². The zero-order valence-electron chi connectivity index (χ0n) is 12.3. The summed E-state index contributed by atoms with van der Waals surface area (Å²) in [5, 5.41) is 3.15. The molecule has 0 aliphatic rings. The molecular formula is C17H20IN2O+. The number of likely N-dealkylation sites (N-methyl/N-ethyl adjacent to an activating group) is 1. The van der Waals surface area contributed by atoms with E-state index in [9.17, 15) is 4.79 Å². The molecule has 110 valence electrons. The van der Waals surface area contributed by atoms with Gasteiger partial charge in [-0.2, -0.15) is 0 Å². The summed E-state index contributed by atoms with van der Waals surface area (Å²) in [6.07, 6.45) is 0. The summed E-state index contributed by atoms with van der Waals surface area (Å²) in [7, 11) is 4.18. The summed E-state index contributed by atoms with van der Waals surface area (Å²) in [4.78, 5) is 13.7. The lowest BCUT2D eigenvalue weighted by molar-refractivity contribution is -0.860. The van der Waals surface area contributed by atoms with E-state index >= 15 is 0 Å². The van der Waals surface area contributed by atoms with Crippen LogP contribution in [0.4, 0.5) is 0 Å². The normalized spacial score (nSPS) is 12.2. The Hall–Kier alpha value is -1.40. The second-order valence-electron chi connectivity index (χ2n) is 5.36. The highest BCUT2D eigenvalue weighted by Gasteiger charge is 2.18. The van der Waals surface area contributed by atoms with Crippen LogP contribution in [0.2, 0.25) is 0 Å². The van der Waals surface area contributed by atoms with E-state index in [1.807, 2.05) is 42.5 Å².